The Kier molecular flexibility index (Phi) is 6.31. The highest BCUT2D eigenvalue weighted by Crippen LogP contribution is 2.27. The van der Waals surface area contributed by atoms with Crippen molar-refractivity contribution in [2.24, 2.45) is 0 Å². The van der Waals surface area contributed by atoms with Crippen LogP contribution >= 0.6 is 11.8 Å². The molecule has 1 aromatic carbocycles. The molecule has 142 valence electrons. The number of carbonyl (C=O) groups excluding carboxylic acids is 1. The van der Waals surface area contributed by atoms with Crippen LogP contribution in [-0.2, 0) is 16.1 Å². The molecule has 0 radical (unpaired) electrons. The van der Waals surface area contributed by atoms with Crippen molar-refractivity contribution in [3.63, 3.8) is 0 Å². The van der Waals surface area contributed by atoms with Crippen LogP contribution in [0.4, 0.5) is 5.69 Å². The summed E-state index contributed by atoms with van der Waals surface area (Å²) in [4.78, 5) is 12.3. The third kappa shape index (κ3) is 4.58. The molecule has 0 unspecified atom stereocenters. The maximum atomic E-state index is 12.3. The molecule has 3 rings (SSSR count). The van der Waals surface area contributed by atoms with Gasteiger partial charge in [-0.05, 0) is 31.5 Å². The Labute approximate surface area is 162 Å². The fraction of sp³-hybridized carbons (Fsp3) is 0.316. The minimum atomic E-state index is -0.0865. The summed E-state index contributed by atoms with van der Waals surface area (Å²) in [5, 5.41) is 12.2. The number of furan rings is 1. The second kappa shape index (κ2) is 8.88. The smallest absolute Gasteiger partial charge is 0.234 e. The van der Waals surface area contributed by atoms with Gasteiger partial charge in [-0.2, -0.15) is 0 Å². The minimum absolute atomic E-state index is 0.0865. The number of amides is 1. The number of anilines is 1. The van der Waals surface area contributed by atoms with Gasteiger partial charge in [0.1, 0.15) is 5.76 Å². The SMILES string of the molecule is COCCn1c(SCC(=O)Nc2ccccc2C)nnc1-c1ccoc1C. The average Bonchev–Trinajstić information content (AvgIpc) is 3.25. The van der Waals surface area contributed by atoms with E-state index >= 15 is 0 Å². The van der Waals surface area contributed by atoms with Crippen LogP contribution in [0.2, 0.25) is 0 Å². The molecule has 1 N–H and O–H groups in total. The van der Waals surface area contributed by atoms with Crippen molar-refractivity contribution in [1.29, 1.82) is 0 Å². The van der Waals surface area contributed by atoms with Crippen LogP contribution in [0.5, 0.6) is 0 Å². The molecule has 2 aromatic heterocycles. The van der Waals surface area contributed by atoms with E-state index in [1.807, 2.05) is 48.7 Å². The molecular formula is C19H22N4O3S. The zero-order valence-electron chi connectivity index (χ0n) is 15.6. The highest BCUT2D eigenvalue weighted by Gasteiger charge is 2.18. The van der Waals surface area contributed by atoms with E-state index in [1.165, 1.54) is 11.8 Å². The zero-order valence-corrected chi connectivity index (χ0v) is 16.4. The predicted molar refractivity (Wildman–Crippen MR) is 105 cm³/mol. The number of carbonyl (C=O) groups is 1. The molecule has 0 bridgehead atoms. The maximum Gasteiger partial charge on any atom is 0.234 e. The summed E-state index contributed by atoms with van der Waals surface area (Å²) in [5.74, 6) is 1.63. The molecule has 0 atom stereocenters. The largest absolute Gasteiger partial charge is 0.469 e. The minimum Gasteiger partial charge on any atom is -0.469 e. The maximum absolute atomic E-state index is 12.3. The summed E-state index contributed by atoms with van der Waals surface area (Å²) in [6, 6.07) is 9.55. The summed E-state index contributed by atoms with van der Waals surface area (Å²) >= 11 is 1.35. The van der Waals surface area contributed by atoms with Gasteiger partial charge in [-0.1, -0.05) is 30.0 Å². The first-order valence-corrected chi connectivity index (χ1v) is 9.53. The average molecular weight is 386 g/mol. The van der Waals surface area contributed by atoms with Crippen LogP contribution in [-0.4, -0.2) is 40.1 Å². The van der Waals surface area contributed by atoms with Crippen LogP contribution in [0.25, 0.3) is 11.4 Å². The van der Waals surface area contributed by atoms with Crippen molar-refractivity contribution >= 4 is 23.4 Å². The van der Waals surface area contributed by atoms with Crippen molar-refractivity contribution < 1.29 is 13.9 Å². The topological polar surface area (TPSA) is 82.2 Å². The molecule has 27 heavy (non-hydrogen) atoms. The Bertz CT molecular complexity index is 919. The number of thioether (sulfide) groups is 1. The van der Waals surface area contributed by atoms with Gasteiger partial charge in [0.2, 0.25) is 5.91 Å². The number of aromatic nitrogens is 3. The molecule has 0 spiro atoms. The normalized spacial score (nSPS) is 10.9. The first-order chi connectivity index (χ1) is 13.1. The van der Waals surface area contributed by atoms with Crippen LogP contribution in [0.1, 0.15) is 11.3 Å². The van der Waals surface area contributed by atoms with Gasteiger partial charge in [0.15, 0.2) is 11.0 Å². The van der Waals surface area contributed by atoms with Crippen LogP contribution in [0.3, 0.4) is 0 Å². The quantitative estimate of drug-likeness (QED) is 0.597. The van der Waals surface area contributed by atoms with Gasteiger partial charge in [-0.3, -0.25) is 9.36 Å². The number of aryl methyl sites for hydroxylation is 2. The lowest BCUT2D eigenvalue weighted by atomic mass is 10.2. The molecule has 0 aliphatic rings. The third-order valence-electron chi connectivity index (χ3n) is 4.09. The molecule has 8 heteroatoms. The molecule has 2 heterocycles. The third-order valence-corrected chi connectivity index (χ3v) is 5.05. The Hall–Kier alpha value is -2.58. The first kappa shape index (κ1) is 19.2. The number of rotatable bonds is 8. The number of benzene rings is 1. The molecule has 0 saturated heterocycles. The van der Waals surface area contributed by atoms with E-state index in [0.29, 0.717) is 24.1 Å². The molecule has 3 aromatic rings. The summed E-state index contributed by atoms with van der Waals surface area (Å²) < 4.78 is 12.5. The van der Waals surface area contributed by atoms with Crippen molar-refractivity contribution in [2.75, 3.05) is 24.8 Å². The number of para-hydroxylation sites is 1. The van der Waals surface area contributed by atoms with Crippen LogP contribution in [0.15, 0.2) is 46.2 Å². The highest BCUT2D eigenvalue weighted by atomic mass is 32.2. The number of ether oxygens (including phenoxy) is 1. The van der Waals surface area contributed by atoms with E-state index in [9.17, 15) is 4.79 Å². The number of nitrogens with zero attached hydrogens (tertiary/aromatic N) is 3. The molecule has 1 amide bonds. The number of hydrogen-bond acceptors (Lipinski definition) is 6. The number of hydrogen-bond donors (Lipinski definition) is 1. The Morgan fingerprint density at radius 1 is 1.26 bits per heavy atom. The molecule has 0 fully saturated rings. The second-order valence-corrected chi connectivity index (χ2v) is 6.94. The summed E-state index contributed by atoms with van der Waals surface area (Å²) in [5.41, 5.74) is 2.73. The van der Waals surface area contributed by atoms with Gasteiger partial charge in [-0.15, -0.1) is 10.2 Å². The van der Waals surface area contributed by atoms with Crippen molar-refractivity contribution in [1.82, 2.24) is 14.8 Å². The van der Waals surface area contributed by atoms with Gasteiger partial charge in [0.05, 0.1) is 30.7 Å². The van der Waals surface area contributed by atoms with Gasteiger partial charge < -0.3 is 14.5 Å². The fourth-order valence-corrected chi connectivity index (χ4v) is 3.39. The van der Waals surface area contributed by atoms with E-state index < -0.39 is 0 Å². The molecular weight excluding hydrogens is 364 g/mol. The van der Waals surface area contributed by atoms with Crippen LogP contribution in [0, 0.1) is 13.8 Å². The standard InChI is InChI=1S/C19H22N4O3S/c1-13-6-4-5-7-16(13)20-17(24)12-27-19-22-21-18(23(19)9-11-25-3)15-8-10-26-14(15)2/h4-8,10H,9,11-12H2,1-3H3,(H,20,24). The number of nitrogens with one attached hydrogen (secondary N) is 1. The van der Waals surface area contributed by atoms with Crippen molar-refractivity contribution in [3.8, 4) is 11.4 Å². The van der Waals surface area contributed by atoms with E-state index in [4.69, 9.17) is 9.15 Å². The van der Waals surface area contributed by atoms with E-state index in [1.54, 1.807) is 13.4 Å². The predicted octanol–water partition coefficient (Wildman–Crippen LogP) is 3.53. The molecule has 7 nitrogen and oxygen atoms in total. The summed E-state index contributed by atoms with van der Waals surface area (Å²) in [6.45, 7) is 4.95. The second-order valence-electron chi connectivity index (χ2n) is 5.99. The molecule has 0 aliphatic carbocycles. The van der Waals surface area contributed by atoms with E-state index in [-0.39, 0.29) is 11.7 Å². The fourth-order valence-electron chi connectivity index (χ4n) is 2.63. The Morgan fingerprint density at radius 3 is 2.78 bits per heavy atom. The van der Waals surface area contributed by atoms with Gasteiger partial charge in [-0.25, -0.2) is 0 Å². The highest BCUT2D eigenvalue weighted by molar-refractivity contribution is 7.99. The zero-order chi connectivity index (χ0) is 19.2. The summed E-state index contributed by atoms with van der Waals surface area (Å²) in [7, 11) is 1.65. The van der Waals surface area contributed by atoms with Crippen molar-refractivity contribution in [3.05, 3.63) is 47.9 Å². The van der Waals surface area contributed by atoms with E-state index in [2.05, 4.69) is 15.5 Å². The van der Waals surface area contributed by atoms with Crippen LogP contribution < -0.4 is 5.32 Å². The Balaban J connectivity index is 1.72. The van der Waals surface area contributed by atoms with Gasteiger partial charge in [0, 0.05) is 12.8 Å². The van der Waals surface area contributed by atoms with Gasteiger partial charge in [0.25, 0.3) is 0 Å². The molecule has 0 saturated carbocycles. The monoisotopic (exact) mass is 386 g/mol. The summed E-state index contributed by atoms with van der Waals surface area (Å²) in [6.07, 6.45) is 1.63. The Morgan fingerprint density at radius 2 is 2.07 bits per heavy atom. The lowest BCUT2D eigenvalue weighted by Gasteiger charge is -2.10. The first-order valence-electron chi connectivity index (χ1n) is 8.55. The molecule has 0 aliphatic heterocycles. The van der Waals surface area contributed by atoms with Crippen molar-refractivity contribution in [2.45, 2.75) is 25.5 Å². The van der Waals surface area contributed by atoms with E-state index in [0.717, 1.165) is 22.6 Å². The lowest BCUT2D eigenvalue weighted by molar-refractivity contribution is -0.113. The van der Waals surface area contributed by atoms with Gasteiger partial charge >= 0.3 is 0 Å². The lowest BCUT2D eigenvalue weighted by Crippen LogP contribution is -2.15. The number of methoxy groups -OCH3 is 1.